The van der Waals surface area contributed by atoms with Crippen molar-refractivity contribution in [1.82, 2.24) is 0 Å². The van der Waals surface area contributed by atoms with E-state index in [-0.39, 0.29) is 55.1 Å². The Hall–Kier alpha value is -2.05. The van der Waals surface area contributed by atoms with E-state index >= 15 is 0 Å². The molecule has 0 unspecified atom stereocenters. The standard InChI is InChI=1S/C27H28O8S.Na/c1-20-24(35-36(28,29)30)25(31-17-21-11-5-2-6-12-21)26(32-18-22-13-7-3-8-14-22)27(34-20)33-19-23-15-9-4-10-16-23;/h2-16,24-27H,1,17-19H2,(H,28,29,30);/q;+1/p-1/t24-,25-,26+,27+;/m0./s1. The van der Waals surface area contributed by atoms with Crippen LogP contribution in [-0.4, -0.2) is 37.6 Å². The van der Waals surface area contributed by atoms with E-state index in [1.807, 2.05) is 91.0 Å². The van der Waals surface area contributed by atoms with Crippen LogP contribution in [0.25, 0.3) is 0 Å². The van der Waals surface area contributed by atoms with Gasteiger partial charge < -0.3 is 23.5 Å². The summed E-state index contributed by atoms with van der Waals surface area (Å²) in [5.74, 6) is -0.106. The molecular formula is C27H27NaO8S. The van der Waals surface area contributed by atoms with Crippen molar-refractivity contribution >= 4 is 10.4 Å². The normalized spacial score (nSPS) is 21.6. The summed E-state index contributed by atoms with van der Waals surface area (Å²) in [6.07, 6.45) is -4.44. The molecule has 0 bridgehead atoms. The van der Waals surface area contributed by atoms with Gasteiger partial charge in [0, 0.05) is 0 Å². The summed E-state index contributed by atoms with van der Waals surface area (Å²) in [6, 6.07) is 28.2. The zero-order valence-electron chi connectivity index (χ0n) is 20.5. The topological polar surface area (TPSA) is 103 Å². The van der Waals surface area contributed by atoms with E-state index < -0.39 is 35.0 Å². The minimum atomic E-state index is -5.10. The molecule has 0 amide bonds. The van der Waals surface area contributed by atoms with E-state index in [1.54, 1.807) is 0 Å². The van der Waals surface area contributed by atoms with Gasteiger partial charge in [0.25, 0.3) is 0 Å². The van der Waals surface area contributed by atoms with Gasteiger partial charge in [-0.05, 0) is 16.7 Å². The van der Waals surface area contributed by atoms with E-state index in [2.05, 4.69) is 6.58 Å². The molecule has 0 saturated carbocycles. The average Bonchev–Trinajstić information content (AvgIpc) is 2.88. The second-order valence-corrected chi connectivity index (χ2v) is 9.21. The van der Waals surface area contributed by atoms with Crippen molar-refractivity contribution in [3.63, 3.8) is 0 Å². The summed E-state index contributed by atoms with van der Waals surface area (Å²) in [7, 11) is -5.10. The Bertz CT molecular complexity index is 1210. The van der Waals surface area contributed by atoms with Crippen LogP contribution in [0.2, 0.25) is 0 Å². The number of benzene rings is 3. The molecule has 8 nitrogen and oxygen atoms in total. The van der Waals surface area contributed by atoms with Gasteiger partial charge in [0.2, 0.25) is 16.7 Å². The van der Waals surface area contributed by atoms with Gasteiger partial charge in [-0.3, -0.25) is 4.18 Å². The van der Waals surface area contributed by atoms with Crippen molar-refractivity contribution in [2.24, 2.45) is 0 Å². The van der Waals surface area contributed by atoms with Crippen LogP contribution in [0.1, 0.15) is 16.7 Å². The van der Waals surface area contributed by atoms with Crippen molar-refractivity contribution in [1.29, 1.82) is 0 Å². The SMILES string of the molecule is C=C1O[C@@H](OCc2ccccc2)[C@H](OCc2ccccc2)[C@@H](OCc2ccccc2)[C@H]1OS(=O)(=O)[O-].[Na+]. The molecule has 4 rings (SSSR count). The smallest absolute Gasteiger partial charge is 0.726 e. The molecule has 37 heavy (non-hydrogen) atoms. The number of hydrogen-bond acceptors (Lipinski definition) is 8. The molecule has 190 valence electrons. The van der Waals surface area contributed by atoms with Crippen LogP contribution in [0.3, 0.4) is 0 Å². The largest absolute Gasteiger partial charge is 1.00 e. The number of rotatable bonds is 11. The summed E-state index contributed by atoms with van der Waals surface area (Å²) >= 11 is 0. The van der Waals surface area contributed by atoms with E-state index in [0.29, 0.717) is 0 Å². The fourth-order valence-electron chi connectivity index (χ4n) is 3.80. The average molecular weight is 535 g/mol. The predicted octanol–water partition coefficient (Wildman–Crippen LogP) is 1.09. The summed E-state index contributed by atoms with van der Waals surface area (Å²) < 4.78 is 63.5. The zero-order valence-corrected chi connectivity index (χ0v) is 23.3. The van der Waals surface area contributed by atoms with Crippen LogP contribution in [0.5, 0.6) is 0 Å². The Kier molecular flexibility index (Phi) is 11.3. The van der Waals surface area contributed by atoms with Crippen LogP contribution in [0, 0.1) is 0 Å². The molecule has 10 heteroatoms. The van der Waals surface area contributed by atoms with Crippen molar-refractivity contribution in [3.8, 4) is 0 Å². The molecule has 4 atom stereocenters. The molecule has 0 aromatic heterocycles. The quantitative estimate of drug-likeness (QED) is 0.205. The molecule has 3 aromatic carbocycles. The molecule has 1 aliphatic heterocycles. The summed E-state index contributed by atoms with van der Waals surface area (Å²) in [5, 5.41) is 0. The third-order valence-corrected chi connectivity index (χ3v) is 5.97. The molecule has 3 aromatic rings. The Morgan fingerprint density at radius 2 is 1.11 bits per heavy atom. The molecule has 1 aliphatic rings. The van der Waals surface area contributed by atoms with Gasteiger partial charge in [0.05, 0.1) is 19.8 Å². The van der Waals surface area contributed by atoms with Gasteiger partial charge in [0.1, 0.15) is 18.0 Å². The molecule has 1 fully saturated rings. The van der Waals surface area contributed by atoms with Crippen molar-refractivity contribution in [3.05, 3.63) is 120 Å². The third-order valence-electron chi connectivity index (χ3n) is 5.52. The Morgan fingerprint density at radius 1 is 0.703 bits per heavy atom. The maximum atomic E-state index is 11.5. The summed E-state index contributed by atoms with van der Waals surface area (Å²) in [5.41, 5.74) is 2.61. The van der Waals surface area contributed by atoms with Crippen LogP contribution in [-0.2, 0) is 53.4 Å². The number of hydrogen-bond donors (Lipinski definition) is 0. The van der Waals surface area contributed by atoms with E-state index in [1.165, 1.54) is 0 Å². The van der Waals surface area contributed by atoms with Gasteiger partial charge >= 0.3 is 29.6 Å². The van der Waals surface area contributed by atoms with Crippen LogP contribution in [0.4, 0.5) is 0 Å². The fraction of sp³-hybridized carbons (Fsp3) is 0.259. The van der Waals surface area contributed by atoms with Crippen LogP contribution >= 0.6 is 0 Å². The maximum absolute atomic E-state index is 11.5. The first-order valence-corrected chi connectivity index (χ1v) is 12.7. The van der Waals surface area contributed by atoms with Gasteiger partial charge in [-0.2, -0.15) is 0 Å². The predicted molar refractivity (Wildman–Crippen MR) is 130 cm³/mol. The molecule has 0 radical (unpaired) electrons. The molecule has 0 spiro atoms. The van der Waals surface area contributed by atoms with Gasteiger partial charge in [-0.1, -0.05) is 97.6 Å². The van der Waals surface area contributed by atoms with Crippen LogP contribution in [0.15, 0.2) is 103 Å². The molecular weight excluding hydrogens is 507 g/mol. The van der Waals surface area contributed by atoms with Gasteiger partial charge in [-0.25, -0.2) is 8.42 Å². The summed E-state index contributed by atoms with van der Waals surface area (Å²) in [4.78, 5) is 0. The second-order valence-electron chi connectivity index (χ2n) is 8.20. The first-order chi connectivity index (χ1) is 17.4. The Labute approximate surface area is 239 Å². The zero-order chi connectivity index (χ0) is 25.4. The Morgan fingerprint density at radius 3 is 1.54 bits per heavy atom. The molecule has 0 N–H and O–H groups in total. The maximum Gasteiger partial charge on any atom is 1.00 e. The third kappa shape index (κ3) is 9.03. The van der Waals surface area contributed by atoms with Crippen molar-refractivity contribution < 1.29 is 65.7 Å². The molecule has 1 saturated heterocycles. The molecule has 1 heterocycles. The van der Waals surface area contributed by atoms with E-state index in [9.17, 15) is 13.0 Å². The first kappa shape index (κ1) is 29.5. The molecule has 0 aliphatic carbocycles. The minimum Gasteiger partial charge on any atom is -0.726 e. The number of ether oxygens (including phenoxy) is 4. The first-order valence-electron chi connectivity index (χ1n) is 11.4. The van der Waals surface area contributed by atoms with E-state index in [0.717, 1.165) is 16.7 Å². The Balaban J connectivity index is 0.00000380. The van der Waals surface area contributed by atoms with Gasteiger partial charge in [-0.15, -0.1) is 0 Å². The van der Waals surface area contributed by atoms with Crippen LogP contribution < -0.4 is 29.6 Å². The van der Waals surface area contributed by atoms with Crippen molar-refractivity contribution in [2.75, 3.05) is 0 Å². The van der Waals surface area contributed by atoms with Crippen molar-refractivity contribution in [2.45, 2.75) is 44.4 Å². The second kappa shape index (κ2) is 14.2. The van der Waals surface area contributed by atoms with E-state index in [4.69, 9.17) is 23.1 Å². The summed E-state index contributed by atoms with van der Waals surface area (Å²) in [6.45, 7) is 4.24. The van der Waals surface area contributed by atoms with Gasteiger partial charge in [0.15, 0.2) is 6.10 Å². The monoisotopic (exact) mass is 534 g/mol. The minimum absolute atomic E-state index is 0. The fourth-order valence-corrected chi connectivity index (χ4v) is 4.27.